The molecule has 0 unspecified atom stereocenters. The van der Waals surface area contributed by atoms with Crippen LogP contribution >= 0.6 is 11.3 Å². The zero-order valence-corrected chi connectivity index (χ0v) is 9.66. The zero-order valence-electron chi connectivity index (χ0n) is 8.84. The molecule has 3 heterocycles. The van der Waals surface area contributed by atoms with Gasteiger partial charge in [-0.3, -0.25) is 0 Å². The maximum absolute atomic E-state index is 5.87. The lowest BCUT2D eigenvalue weighted by Crippen LogP contribution is -1.96. The van der Waals surface area contributed by atoms with E-state index in [-0.39, 0.29) is 0 Å². The van der Waals surface area contributed by atoms with Crippen molar-refractivity contribution in [2.24, 2.45) is 0 Å². The first-order valence-corrected chi connectivity index (χ1v) is 5.92. The van der Waals surface area contributed by atoms with E-state index in [4.69, 9.17) is 5.73 Å². The number of nitrogens with zero attached hydrogens (tertiary/aromatic N) is 2. The van der Waals surface area contributed by atoms with Gasteiger partial charge in [-0.2, -0.15) is 0 Å². The Balaban J connectivity index is 2.28. The number of anilines is 1. The molecular formula is C12H11N3S. The molecule has 3 nitrogen and oxygen atoms in total. The van der Waals surface area contributed by atoms with E-state index >= 15 is 0 Å². The standard InChI is InChI=1S/C12H11N3S/c1-8-9(13)4-5-12-14-10(7-15(8)12)11-3-2-6-16-11/h2-7H,13H2,1H3. The molecule has 2 N–H and O–H groups in total. The predicted molar refractivity (Wildman–Crippen MR) is 67.7 cm³/mol. The van der Waals surface area contributed by atoms with E-state index in [1.807, 2.05) is 35.7 Å². The van der Waals surface area contributed by atoms with Gasteiger partial charge in [0.2, 0.25) is 0 Å². The zero-order chi connectivity index (χ0) is 11.1. The molecule has 3 aromatic heterocycles. The average molecular weight is 229 g/mol. The van der Waals surface area contributed by atoms with Crippen molar-refractivity contribution < 1.29 is 0 Å². The van der Waals surface area contributed by atoms with E-state index < -0.39 is 0 Å². The largest absolute Gasteiger partial charge is 0.397 e. The minimum atomic E-state index is 0.794. The summed E-state index contributed by atoms with van der Waals surface area (Å²) in [6.07, 6.45) is 2.03. The van der Waals surface area contributed by atoms with Crippen LogP contribution in [-0.2, 0) is 0 Å². The number of hydrogen-bond acceptors (Lipinski definition) is 3. The van der Waals surface area contributed by atoms with E-state index in [2.05, 4.69) is 16.4 Å². The summed E-state index contributed by atoms with van der Waals surface area (Å²) in [5.41, 5.74) is 9.64. The number of hydrogen-bond donors (Lipinski definition) is 1. The van der Waals surface area contributed by atoms with E-state index in [9.17, 15) is 0 Å². The van der Waals surface area contributed by atoms with Gasteiger partial charge in [0.05, 0.1) is 16.3 Å². The summed E-state index contributed by atoms with van der Waals surface area (Å²) in [6, 6.07) is 7.95. The van der Waals surface area contributed by atoms with Gasteiger partial charge in [-0.15, -0.1) is 11.3 Å². The van der Waals surface area contributed by atoms with Crippen LogP contribution in [0.1, 0.15) is 5.69 Å². The Bertz CT molecular complexity index is 638. The molecule has 0 aliphatic heterocycles. The molecule has 3 aromatic rings. The number of nitrogen functional groups attached to an aromatic ring is 1. The first-order valence-electron chi connectivity index (χ1n) is 5.04. The Hall–Kier alpha value is -1.81. The van der Waals surface area contributed by atoms with E-state index in [0.717, 1.165) is 22.7 Å². The fraction of sp³-hybridized carbons (Fsp3) is 0.0833. The second kappa shape index (κ2) is 3.35. The third-order valence-corrected chi connectivity index (χ3v) is 3.59. The number of aryl methyl sites for hydroxylation is 1. The smallest absolute Gasteiger partial charge is 0.137 e. The molecule has 3 rings (SSSR count). The van der Waals surface area contributed by atoms with Gasteiger partial charge >= 0.3 is 0 Å². The fourth-order valence-corrected chi connectivity index (χ4v) is 2.43. The monoisotopic (exact) mass is 229 g/mol. The van der Waals surface area contributed by atoms with Crippen LogP contribution in [0.4, 0.5) is 5.69 Å². The molecule has 0 radical (unpaired) electrons. The number of rotatable bonds is 1. The van der Waals surface area contributed by atoms with Gasteiger partial charge in [-0.05, 0) is 30.5 Å². The quantitative estimate of drug-likeness (QED) is 0.697. The second-order valence-corrected chi connectivity index (χ2v) is 4.65. The van der Waals surface area contributed by atoms with Crippen LogP contribution in [0.25, 0.3) is 16.2 Å². The highest BCUT2D eigenvalue weighted by Crippen LogP contribution is 2.25. The molecule has 0 spiro atoms. The maximum atomic E-state index is 5.87. The molecule has 0 aliphatic carbocycles. The second-order valence-electron chi connectivity index (χ2n) is 3.71. The predicted octanol–water partition coefficient (Wildman–Crippen LogP) is 2.95. The van der Waals surface area contributed by atoms with Gasteiger partial charge in [0.25, 0.3) is 0 Å². The number of pyridine rings is 1. The molecule has 0 atom stereocenters. The highest BCUT2D eigenvalue weighted by Gasteiger charge is 2.07. The van der Waals surface area contributed by atoms with E-state index in [1.54, 1.807) is 11.3 Å². The Kier molecular flexibility index (Phi) is 1.97. The molecular weight excluding hydrogens is 218 g/mol. The number of imidazole rings is 1. The lowest BCUT2D eigenvalue weighted by atomic mass is 10.3. The highest BCUT2D eigenvalue weighted by molar-refractivity contribution is 7.13. The lowest BCUT2D eigenvalue weighted by molar-refractivity contribution is 1.10. The Morgan fingerprint density at radius 3 is 2.94 bits per heavy atom. The van der Waals surface area contributed by atoms with Crippen molar-refractivity contribution in [1.29, 1.82) is 0 Å². The first-order chi connectivity index (χ1) is 7.75. The van der Waals surface area contributed by atoms with Crippen LogP contribution < -0.4 is 5.73 Å². The number of thiophene rings is 1. The number of fused-ring (bicyclic) bond motifs is 1. The molecule has 0 amide bonds. The van der Waals surface area contributed by atoms with Crippen molar-refractivity contribution in [3.63, 3.8) is 0 Å². The van der Waals surface area contributed by atoms with Gasteiger partial charge < -0.3 is 10.1 Å². The van der Waals surface area contributed by atoms with E-state index in [0.29, 0.717) is 0 Å². The number of aromatic nitrogens is 2. The van der Waals surface area contributed by atoms with Gasteiger partial charge in [-0.25, -0.2) is 4.98 Å². The van der Waals surface area contributed by atoms with Crippen molar-refractivity contribution in [3.8, 4) is 10.6 Å². The SMILES string of the molecule is Cc1c(N)ccc2nc(-c3cccs3)cn12. The summed E-state index contributed by atoms with van der Waals surface area (Å²) >= 11 is 1.69. The minimum Gasteiger partial charge on any atom is -0.397 e. The third kappa shape index (κ3) is 1.31. The third-order valence-electron chi connectivity index (χ3n) is 2.70. The molecule has 0 fully saturated rings. The lowest BCUT2D eigenvalue weighted by Gasteiger charge is -2.01. The van der Waals surface area contributed by atoms with Crippen LogP contribution in [0.15, 0.2) is 35.8 Å². The van der Waals surface area contributed by atoms with Gasteiger partial charge in [0.1, 0.15) is 5.65 Å². The summed E-state index contributed by atoms with van der Waals surface area (Å²) in [7, 11) is 0. The van der Waals surface area contributed by atoms with Gasteiger partial charge in [0.15, 0.2) is 0 Å². The van der Waals surface area contributed by atoms with Crippen molar-refractivity contribution in [1.82, 2.24) is 9.38 Å². The summed E-state index contributed by atoms with van der Waals surface area (Å²) in [5, 5.41) is 2.06. The van der Waals surface area contributed by atoms with E-state index in [1.165, 1.54) is 4.88 Å². The highest BCUT2D eigenvalue weighted by atomic mass is 32.1. The summed E-state index contributed by atoms with van der Waals surface area (Å²) < 4.78 is 2.03. The van der Waals surface area contributed by atoms with Gasteiger partial charge in [-0.1, -0.05) is 6.07 Å². The van der Waals surface area contributed by atoms with Crippen LogP contribution in [-0.4, -0.2) is 9.38 Å². The van der Waals surface area contributed by atoms with Crippen LogP contribution in [0.5, 0.6) is 0 Å². The van der Waals surface area contributed by atoms with Crippen LogP contribution in [0.2, 0.25) is 0 Å². The first kappa shape index (κ1) is 9.42. The van der Waals surface area contributed by atoms with Crippen molar-refractivity contribution >= 4 is 22.7 Å². The molecule has 4 heteroatoms. The number of nitrogens with two attached hydrogens (primary N) is 1. The maximum Gasteiger partial charge on any atom is 0.137 e. The normalized spacial score (nSPS) is 11.1. The van der Waals surface area contributed by atoms with Crippen LogP contribution in [0, 0.1) is 6.92 Å². The Labute approximate surface area is 97.2 Å². The fourth-order valence-electron chi connectivity index (χ4n) is 1.75. The van der Waals surface area contributed by atoms with Crippen molar-refractivity contribution in [2.45, 2.75) is 6.92 Å². The van der Waals surface area contributed by atoms with Gasteiger partial charge in [0, 0.05) is 11.9 Å². The van der Waals surface area contributed by atoms with Crippen molar-refractivity contribution in [3.05, 3.63) is 41.5 Å². The summed E-state index contributed by atoms with van der Waals surface area (Å²) in [4.78, 5) is 5.76. The average Bonchev–Trinajstić information content (AvgIpc) is 2.91. The molecule has 0 bridgehead atoms. The van der Waals surface area contributed by atoms with Crippen LogP contribution in [0.3, 0.4) is 0 Å². The molecule has 0 saturated carbocycles. The van der Waals surface area contributed by atoms with Crippen molar-refractivity contribution in [2.75, 3.05) is 5.73 Å². The molecule has 80 valence electrons. The Morgan fingerprint density at radius 1 is 1.31 bits per heavy atom. The molecule has 0 saturated heterocycles. The topological polar surface area (TPSA) is 43.3 Å². The minimum absolute atomic E-state index is 0.794. The summed E-state index contributed by atoms with van der Waals surface area (Å²) in [5.74, 6) is 0. The molecule has 0 aromatic carbocycles. The Morgan fingerprint density at radius 2 is 2.19 bits per heavy atom. The molecule has 16 heavy (non-hydrogen) atoms. The molecule has 0 aliphatic rings. The summed E-state index contributed by atoms with van der Waals surface area (Å²) in [6.45, 7) is 2.00.